The maximum absolute atomic E-state index is 11.2. The molecule has 1 heterocycles. The Hall–Kier alpha value is -0.650. The average molecular weight is 173 g/mol. The molecule has 0 bridgehead atoms. The number of nitrogens with zero attached hydrogens (tertiary/aromatic N) is 2. The Bertz CT molecular complexity index is 157. The second kappa shape index (κ2) is 4.39. The molecule has 1 rings (SSSR count). The summed E-state index contributed by atoms with van der Waals surface area (Å²) >= 11 is 0. The van der Waals surface area contributed by atoms with Crippen molar-refractivity contribution in [3.8, 4) is 0 Å². The molecule has 5 heteroatoms. The molecule has 0 aliphatic carbocycles. The summed E-state index contributed by atoms with van der Waals surface area (Å²) in [6, 6.07) is -0.510. The first-order valence-electron chi connectivity index (χ1n) is 4.00. The van der Waals surface area contributed by atoms with Gasteiger partial charge in [0.1, 0.15) is 6.04 Å². The maximum atomic E-state index is 11.2. The van der Waals surface area contributed by atoms with E-state index in [0.717, 1.165) is 0 Å². The summed E-state index contributed by atoms with van der Waals surface area (Å²) < 4.78 is 5.05. The van der Waals surface area contributed by atoms with E-state index in [2.05, 4.69) is 5.32 Å². The minimum Gasteiger partial charge on any atom is -0.378 e. The van der Waals surface area contributed by atoms with Crippen LogP contribution in [0.5, 0.6) is 0 Å². The molecule has 1 saturated heterocycles. The van der Waals surface area contributed by atoms with Crippen molar-refractivity contribution in [2.75, 3.05) is 26.3 Å². The van der Waals surface area contributed by atoms with Gasteiger partial charge in [-0.1, -0.05) is 0 Å². The second-order valence-electron chi connectivity index (χ2n) is 2.55. The van der Waals surface area contributed by atoms with Gasteiger partial charge in [-0.2, -0.15) is 0 Å². The topological polar surface area (TPSA) is 63.9 Å². The minimum absolute atomic E-state index is 0.283. The molecular formula is C7H13N2O3. The zero-order valence-corrected chi connectivity index (χ0v) is 7.06. The van der Waals surface area contributed by atoms with Gasteiger partial charge in [0.15, 0.2) is 0 Å². The lowest BCUT2D eigenvalue weighted by atomic mass is 10.2. The van der Waals surface area contributed by atoms with Crippen LogP contribution in [0.15, 0.2) is 0 Å². The SMILES string of the molecule is CCN(O)C(=O)C1COCC[N]1. The predicted molar refractivity (Wildman–Crippen MR) is 40.8 cm³/mol. The van der Waals surface area contributed by atoms with E-state index in [4.69, 9.17) is 9.94 Å². The molecule has 1 radical (unpaired) electrons. The number of carbonyl (C=O) groups is 1. The van der Waals surface area contributed by atoms with Gasteiger partial charge in [-0.25, -0.2) is 10.4 Å². The van der Waals surface area contributed by atoms with Gasteiger partial charge in [-0.15, -0.1) is 0 Å². The summed E-state index contributed by atoms with van der Waals surface area (Å²) in [7, 11) is 0. The summed E-state index contributed by atoms with van der Waals surface area (Å²) in [6.45, 7) is 3.37. The molecule has 1 aliphatic heterocycles. The highest BCUT2D eigenvalue weighted by Gasteiger charge is 2.25. The third-order valence-corrected chi connectivity index (χ3v) is 1.70. The highest BCUT2D eigenvalue weighted by Crippen LogP contribution is 1.99. The van der Waals surface area contributed by atoms with Crippen LogP contribution in [-0.4, -0.2) is 48.5 Å². The molecule has 12 heavy (non-hydrogen) atoms. The van der Waals surface area contributed by atoms with Gasteiger partial charge in [0.2, 0.25) is 0 Å². The molecule has 0 saturated carbocycles. The number of ether oxygens (including phenoxy) is 1. The Morgan fingerprint density at radius 2 is 2.58 bits per heavy atom. The molecule has 0 aromatic rings. The number of hydrogen-bond acceptors (Lipinski definition) is 3. The third kappa shape index (κ3) is 2.17. The molecule has 0 spiro atoms. The molecule has 5 nitrogen and oxygen atoms in total. The molecule has 1 amide bonds. The van der Waals surface area contributed by atoms with E-state index in [-0.39, 0.29) is 19.1 Å². The van der Waals surface area contributed by atoms with E-state index in [9.17, 15) is 4.79 Å². The molecule has 1 fully saturated rings. The number of hydrogen-bond donors (Lipinski definition) is 1. The molecule has 0 aromatic carbocycles. The van der Waals surface area contributed by atoms with E-state index in [1.165, 1.54) is 0 Å². The van der Waals surface area contributed by atoms with Crippen molar-refractivity contribution in [1.82, 2.24) is 10.4 Å². The maximum Gasteiger partial charge on any atom is 0.267 e. The van der Waals surface area contributed by atoms with Crippen LogP contribution in [0.25, 0.3) is 0 Å². The van der Waals surface area contributed by atoms with Crippen molar-refractivity contribution < 1.29 is 14.7 Å². The van der Waals surface area contributed by atoms with Crippen molar-refractivity contribution in [1.29, 1.82) is 0 Å². The first kappa shape index (κ1) is 9.44. The van der Waals surface area contributed by atoms with Gasteiger partial charge < -0.3 is 4.74 Å². The van der Waals surface area contributed by atoms with Crippen LogP contribution in [0.3, 0.4) is 0 Å². The van der Waals surface area contributed by atoms with Gasteiger partial charge in [-0.05, 0) is 6.92 Å². The fourth-order valence-corrected chi connectivity index (χ4v) is 0.998. The van der Waals surface area contributed by atoms with Gasteiger partial charge in [0, 0.05) is 13.1 Å². The van der Waals surface area contributed by atoms with Crippen LogP contribution in [0.1, 0.15) is 6.92 Å². The number of hydroxylamine groups is 2. The van der Waals surface area contributed by atoms with Crippen LogP contribution >= 0.6 is 0 Å². The Kier molecular flexibility index (Phi) is 3.46. The minimum atomic E-state index is -0.510. The zero-order chi connectivity index (χ0) is 8.97. The molecule has 1 N–H and O–H groups in total. The monoisotopic (exact) mass is 173 g/mol. The van der Waals surface area contributed by atoms with Crippen molar-refractivity contribution in [2.45, 2.75) is 13.0 Å². The molecule has 1 atom stereocenters. The quantitative estimate of drug-likeness (QED) is 0.440. The first-order chi connectivity index (χ1) is 5.75. The summed E-state index contributed by atoms with van der Waals surface area (Å²) in [5, 5.41) is 13.7. The largest absolute Gasteiger partial charge is 0.378 e. The summed E-state index contributed by atoms with van der Waals surface area (Å²) in [5.74, 6) is -0.378. The summed E-state index contributed by atoms with van der Waals surface area (Å²) in [5.41, 5.74) is 0. The number of morpholine rings is 1. The fraction of sp³-hybridized carbons (Fsp3) is 0.857. The van der Waals surface area contributed by atoms with Gasteiger partial charge >= 0.3 is 0 Å². The predicted octanol–water partition coefficient (Wildman–Crippen LogP) is -0.773. The normalized spacial score (nSPS) is 23.7. The Morgan fingerprint density at radius 1 is 1.83 bits per heavy atom. The second-order valence-corrected chi connectivity index (χ2v) is 2.55. The number of rotatable bonds is 2. The smallest absolute Gasteiger partial charge is 0.267 e. The lowest BCUT2D eigenvalue weighted by Gasteiger charge is -2.23. The Morgan fingerprint density at radius 3 is 3.08 bits per heavy atom. The van der Waals surface area contributed by atoms with E-state index in [0.29, 0.717) is 18.2 Å². The lowest BCUT2D eigenvalue weighted by Crippen LogP contribution is -2.48. The Balaban J connectivity index is 2.39. The van der Waals surface area contributed by atoms with Gasteiger partial charge in [-0.3, -0.25) is 10.0 Å². The van der Waals surface area contributed by atoms with E-state index in [1.807, 2.05) is 0 Å². The van der Waals surface area contributed by atoms with Crippen LogP contribution in [-0.2, 0) is 9.53 Å². The standard InChI is InChI=1S/C7H13N2O3/c1-2-9(11)7(10)6-5-12-4-3-8-6/h6,11H,2-5H2,1H3. The highest BCUT2D eigenvalue weighted by molar-refractivity contribution is 5.80. The number of amides is 1. The molecule has 0 aromatic heterocycles. The van der Waals surface area contributed by atoms with Gasteiger partial charge in [0.25, 0.3) is 5.91 Å². The van der Waals surface area contributed by atoms with Gasteiger partial charge in [0.05, 0.1) is 13.2 Å². The van der Waals surface area contributed by atoms with Crippen molar-refractivity contribution in [3.05, 3.63) is 0 Å². The van der Waals surface area contributed by atoms with Crippen LogP contribution in [0, 0.1) is 0 Å². The zero-order valence-electron chi connectivity index (χ0n) is 7.06. The fourth-order valence-electron chi connectivity index (χ4n) is 0.998. The molecular weight excluding hydrogens is 160 g/mol. The number of likely N-dealkylation sites (N-methyl/N-ethyl adjacent to an activating group) is 1. The van der Waals surface area contributed by atoms with E-state index < -0.39 is 6.04 Å². The summed E-state index contributed by atoms with van der Waals surface area (Å²) in [4.78, 5) is 11.2. The summed E-state index contributed by atoms with van der Waals surface area (Å²) in [6.07, 6.45) is 0. The van der Waals surface area contributed by atoms with Crippen LogP contribution < -0.4 is 5.32 Å². The van der Waals surface area contributed by atoms with Crippen LogP contribution in [0.2, 0.25) is 0 Å². The molecule has 69 valence electrons. The van der Waals surface area contributed by atoms with Crippen molar-refractivity contribution in [3.63, 3.8) is 0 Å². The number of carbonyl (C=O) groups excluding carboxylic acids is 1. The van der Waals surface area contributed by atoms with Crippen molar-refractivity contribution in [2.24, 2.45) is 0 Å². The highest BCUT2D eigenvalue weighted by atomic mass is 16.5. The van der Waals surface area contributed by atoms with Crippen molar-refractivity contribution >= 4 is 5.91 Å². The molecule has 1 unspecified atom stereocenters. The Labute approximate surface area is 71.3 Å². The average Bonchev–Trinajstić information content (AvgIpc) is 2.17. The van der Waals surface area contributed by atoms with Crippen LogP contribution in [0.4, 0.5) is 0 Å². The van der Waals surface area contributed by atoms with E-state index >= 15 is 0 Å². The molecule has 1 aliphatic rings. The first-order valence-corrected chi connectivity index (χ1v) is 4.00. The van der Waals surface area contributed by atoms with E-state index in [1.54, 1.807) is 6.92 Å². The third-order valence-electron chi connectivity index (χ3n) is 1.70. The lowest BCUT2D eigenvalue weighted by molar-refractivity contribution is -0.169.